The monoisotopic (exact) mass is 356 g/mol. The fourth-order valence-electron chi connectivity index (χ4n) is 3.83. The molecule has 1 aliphatic heterocycles. The molecule has 1 amide bonds. The summed E-state index contributed by atoms with van der Waals surface area (Å²) in [5, 5.41) is 6.36. The molecule has 138 valence electrons. The minimum Gasteiger partial charge on any atom is -0.406 e. The molecule has 1 aromatic rings. The summed E-state index contributed by atoms with van der Waals surface area (Å²) in [6.45, 7) is 0.464. The second kappa shape index (κ2) is 7.64. The van der Waals surface area contributed by atoms with Crippen LogP contribution in [0.25, 0.3) is 0 Å². The molecular formula is C18H23F3N2O2. The number of hydrogen-bond donors (Lipinski definition) is 2. The molecule has 25 heavy (non-hydrogen) atoms. The molecule has 1 aromatic carbocycles. The number of nitrogens with one attached hydrogen (secondary N) is 2. The number of rotatable bonds is 5. The molecule has 1 aliphatic carbocycles. The van der Waals surface area contributed by atoms with E-state index >= 15 is 0 Å². The Morgan fingerprint density at radius 1 is 1.20 bits per heavy atom. The Morgan fingerprint density at radius 3 is 2.60 bits per heavy atom. The summed E-state index contributed by atoms with van der Waals surface area (Å²) in [6, 6.07) is 6.09. The maximum absolute atomic E-state index is 12.3. The predicted molar refractivity (Wildman–Crippen MR) is 87.1 cm³/mol. The Bertz CT molecular complexity index is 575. The van der Waals surface area contributed by atoms with E-state index in [-0.39, 0.29) is 17.7 Å². The van der Waals surface area contributed by atoms with Crippen LogP contribution in [0, 0.1) is 5.92 Å². The Kier molecular flexibility index (Phi) is 5.51. The molecule has 4 nitrogen and oxygen atoms in total. The smallest absolute Gasteiger partial charge is 0.406 e. The number of alkyl halides is 3. The van der Waals surface area contributed by atoms with Gasteiger partial charge in [0.15, 0.2) is 0 Å². The Morgan fingerprint density at radius 2 is 1.92 bits per heavy atom. The van der Waals surface area contributed by atoms with Crippen LogP contribution in [0.15, 0.2) is 24.3 Å². The number of benzene rings is 1. The summed E-state index contributed by atoms with van der Waals surface area (Å²) in [6.07, 6.45) is 1.63. The average Bonchev–Trinajstić information content (AvgIpc) is 2.99. The minimum atomic E-state index is -4.68. The Hall–Kier alpha value is -1.76. The molecule has 0 spiro atoms. The van der Waals surface area contributed by atoms with Gasteiger partial charge in [-0.1, -0.05) is 25.0 Å². The fraction of sp³-hybridized carbons (Fsp3) is 0.611. The third-order valence-electron chi connectivity index (χ3n) is 5.05. The van der Waals surface area contributed by atoms with E-state index in [4.69, 9.17) is 0 Å². The first-order chi connectivity index (χ1) is 11.9. The fourth-order valence-corrected chi connectivity index (χ4v) is 3.83. The van der Waals surface area contributed by atoms with E-state index < -0.39 is 6.36 Å². The molecule has 0 bridgehead atoms. The lowest BCUT2D eigenvalue weighted by molar-refractivity contribution is -0.274. The average molecular weight is 356 g/mol. The maximum atomic E-state index is 12.3. The van der Waals surface area contributed by atoms with Crippen molar-refractivity contribution in [3.8, 4) is 5.75 Å². The lowest BCUT2D eigenvalue weighted by Gasteiger charge is -2.24. The van der Waals surface area contributed by atoms with E-state index in [0.29, 0.717) is 24.9 Å². The number of halogens is 3. The highest BCUT2D eigenvalue weighted by molar-refractivity contribution is 5.82. The van der Waals surface area contributed by atoms with Gasteiger partial charge in [0.2, 0.25) is 5.91 Å². The minimum absolute atomic E-state index is 0.0198. The van der Waals surface area contributed by atoms with Gasteiger partial charge in [-0.3, -0.25) is 4.79 Å². The van der Waals surface area contributed by atoms with E-state index in [1.54, 1.807) is 12.1 Å². The second-order valence-electron chi connectivity index (χ2n) is 6.84. The van der Waals surface area contributed by atoms with Crippen molar-refractivity contribution in [3.63, 3.8) is 0 Å². The van der Waals surface area contributed by atoms with Crippen LogP contribution in [0.1, 0.15) is 37.7 Å². The van der Waals surface area contributed by atoms with Gasteiger partial charge in [0.05, 0.1) is 6.04 Å². The van der Waals surface area contributed by atoms with E-state index in [1.807, 2.05) is 0 Å². The van der Waals surface area contributed by atoms with Gasteiger partial charge in [0.25, 0.3) is 0 Å². The molecule has 0 radical (unpaired) electrons. The SMILES string of the molecule is O=C(NCCc1ccc(OC(F)(F)F)cc1)C1CC2CCCCC2N1. The molecule has 3 unspecified atom stereocenters. The van der Waals surface area contributed by atoms with Crippen molar-refractivity contribution < 1.29 is 22.7 Å². The molecule has 1 saturated heterocycles. The summed E-state index contributed by atoms with van der Waals surface area (Å²) >= 11 is 0. The van der Waals surface area contributed by atoms with Crippen LogP contribution in [0.5, 0.6) is 5.75 Å². The Balaban J connectivity index is 1.41. The van der Waals surface area contributed by atoms with E-state index in [2.05, 4.69) is 15.4 Å². The summed E-state index contributed by atoms with van der Waals surface area (Å²) < 4.78 is 40.2. The maximum Gasteiger partial charge on any atom is 0.573 e. The van der Waals surface area contributed by atoms with Crippen molar-refractivity contribution in [2.24, 2.45) is 5.92 Å². The number of amides is 1. The zero-order chi connectivity index (χ0) is 17.9. The number of fused-ring (bicyclic) bond motifs is 1. The van der Waals surface area contributed by atoms with Gasteiger partial charge in [-0.15, -0.1) is 13.2 Å². The molecular weight excluding hydrogens is 333 g/mol. The summed E-state index contributed by atoms with van der Waals surface area (Å²) in [5.41, 5.74) is 0.850. The van der Waals surface area contributed by atoms with Crippen molar-refractivity contribution in [2.75, 3.05) is 6.54 Å². The van der Waals surface area contributed by atoms with Crippen LogP contribution < -0.4 is 15.4 Å². The highest BCUT2D eigenvalue weighted by Gasteiger charge is 2.38. The number of hydrogen-bond acceptors (Lipinski definition) is 3. The van der Waals surface area contributed by atoms with Crippen molar-refractivity contribution >= 4 is 5.91 Å². The van der Waals surface area contributed by atoms with Gasteiger partial charge in [-0.2, -0.15) is 0 Å². The first kappa shape index (κ1) is 18.0. The van der Waals surface area contributed by atoms with E-state index in [9.17, 15) is 18.0 Å². The second-order valence-corrected chi connectivity index (χ2v) is 6.84. The zero-order valence-electron chi connectivity index (χ0n) is 13.9. The number of carbonyl (C=O) groups is 1. The summed E-state index contributed by atoms with van der Waals surface area (Å²) in [4.78, 5) is 12.3. The topological polar surface area (TPSA) is 50.4 Å². The number of ether oxygens (including phenoxy) is 1. The standard InChI is InChI=1S/C18H23F3N2O2/c19-18(20,21)25-14-7-5-12(6-8-14)9-10-22-17(24)16-11-13-3-1-2-4-15(13)23-16/h5-8,13,15-16,23H,1-4,9-11H2,(H,22,24). The predicted octanol–water partition coefficient (Wildman–Crippen LogP) is 3.16. The van der Waals surface area contributed by atoms with Crippen molar-refractivity contribution in [1.82, 2.24) is 10.6 Å². The van der Waals surface area contributed by atoms with Gasteiger partial charge in [0, 0.05) is 12.6 Å². The molecule has 0 aromatic heterocycles. The summed E-state index contributed by atoms with van der Waals surface area (Å²) in [5.74, 6) is 0.398. The Labute approximate surface area is 145 Å². The van der Waals surface area contributed by atoms with Gasteiger partial charge in [-0.05, 0) is 49.3 Å². The van der Waals surface area contributed by atoms with Crippen LogP contribution in [0.3, 0.4) is 0 Å². The molecule has 1 saturated carbocycles. The molecule has 2 aliphatic rings. The van der Waals surface area contributed by atoms with Gasteiger partial charge < -0.3 is 15.4 Å². The lowest BCUT2D eigenvalue weighted by Crippen LogP contribution is -2.43. The van der Waals surface area contributed by atoms with Crippen LogP contribution in [-0.2, 0) is 11.2 Å². The lowest BCUT2D eigenvalue weighted by atomic mass is 9.85. The van der Waals surface area contributed by atoms with Crippen LogP contribution in [-0.4, -0.2) is 30.9 Å². The third kappa shape index (κ3) is 5.11. The molecule has 3 atom stereocenters. The molecule has 2 fully saturated rings. The van der Waals surface area contributed by atoms with Gasteiger partial charge in [0.1, 0.15) is 5.75 Å². The largest absolute Gasteiger partial charge is 0.573 e. The van der Waals surface area contributed by atoms with Crippen LogP contribution >= 0.6 is 0 Å². The molecule has 1 heterocycles. The highest BCUT2D eigenvalue weighted by atomic mass is 19.4. The molecule has 2 N–H and O–H groups in total. The van der Waals surface area contributed by atoms with Crippen LogP contribution in [0.4, 0.5) is 13.2 Å². The van der Waals surface area contributed by atoms with Crippen molar-refractivity contribution in [2.45, 2.75) is 57.0 Å². The number of carbonyl (C=O) groups excluding carboxylic acids is 1. The molecule has 3 rings (SSSR count). The van der Waals surface area contributed by atoms with Crippen molar-refractivity contribution in [3.05, 3.63) is 29.8 Å². The van der Waals surface area contributed by atoms with Crippen molar-refractivity contribution in [1.29, 1.82) is 0 Å². The van der Waals surface area contributed by atoms with Gasteiger partial charge >= 0.3 is 6.36 Å². The quantitative estimate of drug-likeness (QED) is 0.852. The first-order valence-corrected chi connectivity index (χ1v) is 8.79. The zero-order valence-corrected chi connectivity index (χ0v) is 13.9. The first-order valence-electron chi connectivity index (χ1n) is 8.79. The molecule has 7 heteroatoms. The summed E-state index contributed by atoms with van der Waals surface area (Å²) in [7, 11) is 0. The third-order valence-corrected chi connectivity index (χ3v) is 5.05. The van der Waals surface area contributed by atoms with Gasteiger partial charge in [-0.25, -0.2) is 0 Å². The normalized spacial score (nSPS) is 26.1. The van der Waals surface area contributed by atoms with E-state index in [1.165, 1.54) is 31.4 Å². The van der Waals surface area contributed by atoms with E-state index in [0.717, 1.165) is 18.4 Å². The highest BCUT2D eigenvalue weighted by Crippen LogP contribution is 2.33. The van der Waals surface area contributed by atoms with Crippen LogP contribution in [0.2, 0.25) is 0 Å².